The molecule has 0 aliphatic heterocycles. The topological polar surface area (TPSA) is 46.2 Å². The first-order valence-electron chi connectivity index (χ1n) is 5.56. The van der Waals surface area contributed by atoms with Crippen molar-refractivity contribution in [3.63, 3.8) is 0 Å². The molecule has 0 bridgehead atoms. The van der Waals surface area contributed by atoms with E-state index < -0.39 is 9.84 Å². The van der Waals surface area contributed by atoms with Gasteiger partial charge in [0.1, 0.15) is 9.84 Å². The van der Waals surface area contributed by atoms with Crippen molar-refractivity contribution >= 4 is 37.1 Å². The predicted molar refractivity (Wildman–Crippen MR) is 77.5 cm³/mol. The fourth-order valence-corrected chi connectivity index (χ4v) is 4.14. The molecule has 0 aromatic carbocycles. The third-order valence-corrected chi connectivity index (χ3v) is 4.92. The van der Waals surface area contributed by atoms with Crippen LogP contribution in [0.15, 0.2) is 15.9 Å². The van der Waals surface area contributed by atoms with Crippen LogP contribution >= 0.6 is 27.3 Å². The number of thiophene rings is 1. The van der Waals surface area contributed by atoms with Crippen LogP contribution in [0.2, 0.25) is 0 Å². The molecular weight excluding hydrogens is 322 g/mol. The van der Waals surface area contributed by atoms with Crippen molar-refractivity contribution in [1.29, 1.82) is 0 Å². The Labute approximate surface area is 116 Å². The van der Waals surface area contributed by atoms with E-state index in [1.54, 1.807) is 11.3 Å². The van der Waals surface area contributed by atoms with Crippen molar-refractivity contribution in [2.75, 3.05) is 18.6 Å². The van der Waals surface area contributed by atoms with E-state index in [1.807, 2.05) is 12.1 Å². The molecule has 3 nitrogen and oxygen atoms in total. The quantitative estimate of drug-likeness (QED) is 0.829. The van der Waals surface area contributed by atoms with Gasteiger partial charge in [-0.15, -0.1) is 11.3 Å². The van der Waals surface area contributed by atoms with Crippen LogP contribution in [0.5, 0.6) is 0 Å². The Morgan fingerprint density at radius 1 is 1.47 bits per heavy atom. The Balaban J connectivity index is 2.63. The van der Waals surface area contributed by atoms with Gasteiger partial charge >= 0.3 is 0 Å². The van der Waals surface area contributed by atoms with Crippen LogP contribution in [-0.4, -0.2) is 33.0 Å². The zero-order valence-corrected chi connectivity index (χ0v) is 13.3. The van der Waals surface area contributed by atoms with Gasteiger partial charge in [-0.3, -0.25) is 0 Å². The Hall–Kier alpha value is 0.0900. The Morgan fingerprint density at radius 2 is 2.18 bits per heavy atom. The van der Waals surface area contributed by atoms with Crippen molar-refractivity contribution in [2.45, 2.75) is 25.8 Å². The van der Waals surface area contributed by atoms with Gasteiger partial charge in [0.2, 0.25) is 0 Å². The second-order valence-corrected chi connectivity index (χ2v) is 8.89. The van der Waals surface area contributed by atoms with Gasteiger partial charge in [0.25, 0.3) is 0 Å². The lowest BCUT2D eigenvalue weighted by atomic mass is 10.2. The van der Waals surface area contributed by atoms with E-state index in [2.05, 4.69) is 28.2 Å². The lowest BCUT2D eigenvalue weighted by Gasteiger charge is -2.16. The second kappa shape index (κ2) is 6.87. The molecule has 1 aromatic rings. The highest BCUT2D eigenvalue weighted by molar-refractivity contribution is 9.11. The van der Waals surface area contributed by atoms with Crippen LogP contribution in [0.3, 0.4) is 0 Å². The van der Waals surface area contributed by atoms with Crippen molar-refractivity contribution in [3.8, 4) is 0 Å². The smallest absolute Gasteiger partial charge is 0.148 e. The van der Waals surface area contributed by atoms with Crippen molar-refractivity contribution in [2.24, 2.45) is 0 Å². The van der Waals surface area contributed by atoms with Crippen LogP contribution in [0, 0.1) is 0 Å². The lowest BCUT2D eigenvalue weighted by molar-refractivity contribution is 0.532. The summed E-state index contributed by atoms with van der Waals surface area (Å²) in [7, 11) is -2.94. The maximum Gasteiger partial charge on any atom is 0.148 e. The number of hydrogen-bond donors (Lipinski definition) is 1. The minimum atomic E-state index is -2.94. The average molecular weight is 340 g/mol. The van der Waals surface area contributed by atoms with Crippen LogP contribution in [0.4, 0.5) is 0 Å². The van der Waals surface area contributed by atoms with Crippen LogP contribution in [0.25, 0.3) is 0 Å². The van der Waals surface area contributed by atoms with Gasteiger partial charge in [-0.25, -0.2) is 8.42 Å². The minimum Gasteiger partial charge on any atom is -0.313 e. The van der Waals surface area contributed by atoms with E-state index in [0.29, 0.717) is 0 Å². The molecule has 1 heterocycles. The molecule has 0 amide bonds. The van der Waals surface area contributed by atoms with Crippen molar-refractivity contribution in [1.82, 2.24) is 5.32 Å². The Morgan fingerprint density at radius 3 is 2.65 bits per heavy atom. The normalized spacial score (nSPS) is 13.8. The predicted octanol–water partition coefficient (Wildman–Crippen LogP) is 2.47. The first kappa shape index (κ1) is 15.1. The molecule has 0 aliphatic rings. The van der Waals surface area contributed by atoms with E-state index >= 15 is 0 Å². The number of nitrogens with one attached hydrogen (secondary N) is 1. The standard InChI is InChI=1S/C11H18BrNO2S2/c1-3-6-13-9(8-17(2,14)15)7-10-4-5-11(12)16-10/h4-5,9,13H,3,6-8H2,1-2H3. The van der Waals surface area contributed by atoms with Crippen molar-refractivity contribution in [3.05, 3.63) is 20.8 Å². The molecule has 1 N–H and O–H groups in total. The molecule has 6 heteroatoms. The first-order chi connectivity index (χ1) is 7.90. The zero-order chi connectivity index (χ0) is 12.9. The fraction of sp³-hybridized carbons (Fsp3) is 0.636. The third kappa shape index (κ3) is 6.55. The molecule has 0 radical (unpaired) electrons. The molecule has 0 spiro atoms. The summed E-state index contributed by atoms with van der Waals surface area (Å²) >= 11 is 5.07. The molecule has 1 atom stereocenters. The summed E-state index contributed by atoms with van der Waals surface area (Å²) < 4.78 is 23.8. The average Bonchev–Trinajstić information content (AvgIpc) is 2.58. The summed E-state index contributed by atoms with van der Waals surface area (Å²) in [5, 5.41) is 3.30. The zero-order valence-electron chi connectivity index (χ0n) is 10.1. The van der Waals surface area contributed by atoms with Gasteiger partial charge in [0.15, 0.2) is 0 Å². The number of hydrogen-bond acceptors (Lipinski definition) is 4. The summed E-state index contributed by atoms with van der Waals surface area (Å²) in [5.41, 5.74) is 0. The molecule has 1 aromatic heterocycles. The van der Waals surface area contributed by atoms with Gasteiger partial charge < -0.3 is 5.32 Å². The number of rotatable bonds is 7. The van der Waals surface area contributed by atoms with Crippen LogP contribution in [-0.2, 0) is 16.3 Å². The fourth-order valence-electron chi connectivity index (χ4n) is 1.61. The molecule has 98 valence electrons. The van der Waals surface area contributed by atoms with Crippen LogP contribution < -0.4 is 5.32 Å². The maximum absolute atomic E-state index is 11.4. The lowest BCUT2D eigenvalue weighted by Crippen LogP contribution is -2.37. The van der Waals surface area contributed by atoms with Gasteiger partial charge in [-0.05, 0) is 47.4 Å². The molecule has 17 heavy (non-hydrogen) atoms. The highest BCUT2D eigenvalue weighted by atomic mass is 79.9. The molecule has 0 fully saturated rings. The summed E-state index contributed by atoms with van der Waals surface area (Å²) in [6.07, 6.45) is 3.07. The number of sulfone groups is 1. The van der Waals surface area contributed by atoms with Gasteiger partial charge in [-0.2, -0.15) is 0 Å². The van der Waals surface area contributed by atoms with E-state index in [0.717, 1.165) is 23.2 Å². The minimum absolute atomic E-state index is 0.00972. The highest BCUT2D eigenvalue weighted by Crippen LogP contribution is 2.23. The van der Waals surface area contributed by atoms with Gasteiger partial charge in [0, 0.05) is 17.2 Å². The number of halogens is 1. The third-order valence-electron chi connectivity index (χ3n) is 2.26. The van der Waals surface area contributed by atoms with E-state index in [4.69, 9.17) is 0 Å². The van der Waals surface area contributed by atoms with E-state index in [-0.39, 0.29) is 11.8 Å². The molecule has 0 saturated heterocycles. The van der Waals surface area contributed by atoms with Crippen LogP contribution in [0.1, 0.15) is 18.2 Å². The summed E-state index contributed by atoms with van der Waals surface area (Å²) in [5.74, 6) is 0.197. The summed E-state index contributed by atoms with van der Waals surface area (Å²) in [6, 6.07) is 4.05. The highest BCUT2D eigenvalue weighted by Gasteiger charge is 2.16. The summed E-state index contributed by atoms with van der Waals surface area (Å²) in [6.45, 7) is 2.93. The molecule has 0 aliphatic carbocycles. The molecule has 0 saturated carbocycles. The van der Waals surface area contributed by atoms with Crippen molar-refractivity contribution < 1.29 is 8.42 Å². The summed E-state index contributed by atoms with van der Waals surface area (Å²) in [4.78, 5) is 1.20. The largest absolute Gasteiger partial charge is 0.313 e. The van der Waals surface area contributed by atoms with E-state index in [1.165, 1.54) is 11.1 Å². The monoisotopic (exact) mass is 339 g/mol. The molecule has 1 rings (SSSR count). The Bertz CT molecular complexity index is 442. The second-order valence-electron chi connectivity index (χ2n) is 4.15. The van der Waals surface area contributed by atoms with E-state index in [9.17, 15) is 8.42 Å². The SMILES string of the molecule is CCCNC(Cc1ccc(Br)s1)CS(C)(=O)=O. The van der Waals surface area contributed by atoms with Gasteiger partial charge in [0.05, 0.1) is 9.54 Å². The van der Waals surface area contributed by atoms with Gasteiger partial charge in [-0.1, -0.05) is 6.92 Å². The molecule has 1 unspecified atom stereocenters. The Kier molecular flexibility index (Phi) is 6.12. The first-order valence-corrected chi connectivity index (χ1v) is 9.23. The maximum atomic E-state index is 11.4. The molecular formula is C11H18BrNO2S2.